The molecular formula is C12H10ClN3O5. The number of ether oxygens (including phenoxy) is 1. The van der Waals surface area contributed by atoms with Crippen LogP contribution in [0.25, 0.3) is 0 Å². The third kappa shape index (κ3) is 3.69. The predicted molar refractivity (Wildman–Crippen MR) is 72.8 cm³/mol. The van der Waals surface area contributed by atoms with E-state index in [1.54, 1.807) is 0 Å². The number of halogens is 1. The average Bonchev–Trinajstić information content (AvgIpc) is 2.80. The highest BCUT2D eigenvalue weighted by Gasteiger charge is 2.18. The molecule has 2 rings (SSSR count). The van der Waals surface area contributed by atoms with Gasteiger partial charge in [-0.15, -0.1) is 0 Å². The summed E-state index contributed by atoms with van der Waals surface area (Å²) >= 11 is 5.66. The van der Waals surface area contributed by atoms with Gasteiger partial charge >= 0.3 is 11.8 Å². The van der Waals surface area contributed by atoms with Crippen molar-refractivity contribution in [3.63, 3.8) is 0 Å². The van der Waals surface area contributed by atoms with Crippen molar-refractivity contribution in [3.05, 3.63) is 51.2 Å². The minimum Gasteiger partial charge on any atom is -0.492 e. The molecule has 0 amide bonds. The zero-order valence-electron chi connectivity index (χ0n) is 10.6. The molecule has 110 valence electrons. The van der Waals surface area contributed by atoms with Crippen molar-refractivity contribution >= 4 is 23.4 Å². The van der Waals surface area contributed by atoms with Crippen molar-refractivity contribution in [3.8, 4) is 5.75 Å². The molecule has 2 aromatic rings. The van der Waals surface area contributed by atoms with Crippen LogP contribution in [0.5, 0.6) is 5.75 Å². The largest absolute Gasteiger partial charge is 0.492 e. The Morgan fingerprint density at radius 2 is 2.10 bits per heavy atom. The number of rotatable bonds is 6. The van der Waals surface area contributed by atoms with Crippen molar-refractivity contribution < 1.29 is 19.6 Å². The predicted octanol–water partition coefficient (Wildman–Crippen LogP) is 2.22. The van der Waals surface area contributed by atoms with Crippen LogP contribution >= 0.6 is 11.6 Å². The van der Waals surface area contributed by atoms with Crippen LogP contribution in [0, 0.1) is 10.1 Å². The number of nitro groups is 1. The number of carboxylic acid groups (broad SMARTS) is 1. The fourth-order valence-electron chi connectivity index (χ4n) is 1.58. The molecule has 0 bridgehead atoms. The molecule has 0 radical (unpaired) electrons. The van der Waals surface area contributed by atoms with Crippen LogP contribution < -0.4 is 4.74 Å². The number of hydrogen-bond acceptors (Lipinski definition) is 5. The van der Waals surface area contributed by atoms with E-state index in [1.165, 1.54) is 35.1 Å². The van der Waals surface area contributed by atoms with Gasteiger partial charge in [-0.05, 0) is 29.2 Å². The number of nitrogens with zero attached hydrogens (tertiary/aromatic N) is 3. The monoisotopic (exact) mass is 311 g/mol. The smallest absolute Gasteiger partial charge is 0.408 e. The van der Waals surface area contributed by atoms with Gasteiger partial charge in [0.2, 0.25) is 0 Å². The standard InChI is InChI=1S/C12H10ClN3O5/c13-10-7-15(14-11(10)16(19)20)5-6-21-9-3-1-8(2-4-9)12(17)18/h1-4,7H,5-6H2,(H,17,18). The first-order valence-electron chi connectivity index (χ1n) is 5.81. The maximum absolute atomic E-state index is 10.7. The lowest BCUT2D eigenvalue weighted by Crippen LogP contribution is -2.09. The third-order valence-electron chi connectivity index (χ3n) is 2.56. The molecule has 0 unspecified atom stereocenters. The van der Waals surface area contributed by atoms with Gasteiger partial charge in [0.1, 0.15) is 12.4 Å². The first-order chi connectivity index (χ1) is 9.97. The fraction of sp³-hybridized carbons (Fsp3) is 0.167. The Kier molecular flexibility index (Phi) is 4.39. The average molecular weight is 312 g/mol. The Bertz CT molecular complexity index is 668. The minimum atomic E-state index is -1.01. The summed E-state index contributed by atoms with van der Waals surface area (Å²) in [5.74, 6) is -0.921. The molecule has 9 heteroatoms. The molecule has 21 heavy (non-hydrogen) atoms. The molecule has 0 aliphatic rings. The van der Waals surface area contributed by atoms with E-state index in [2.05, 4.69) is 5.10 Å². The Morgan fingerprint density at radius 3 is 2.62 bits per heavy atom. The Hall–Kier alpha value is -2.61. The number of carbonyl (C=O) groups is 1. The quantitative estimate of drug-likeness (QED) is 0.647. The van der Waals surface area contributed by atoms with Crippen molar-refractivity contribution in [1.29, 1.82) is 0 Å². The van der Waals surface area contributed by atoms with Gasteiger partial charge in [0.05, 0.1) is 23.4 Å². The van der Waals surface area contributed by atoms with E-state index in [4.69, 9.17) is 21.4 Å². The second-order valence-electron chi connectivity index (χ2n) is 4.00. The lowest BCUT2D eigenvalue weighted by molar-refractivity contribution is -0.389. The first kappa shape index (κ1) is 14.8. The molecular weight excluding hydrogens is 302 g/mol. The minimum absolute atomic E-state index is 0.0363. The summed E-state index contributed by atoms with van der Waals surface area (Å²) in [6.45, 7) is 0.482. The number of benzene rings is 1. The van der Waals surface area contributed by atoms with Crippen LogP contribution in [0.2, 0.25) is 5.02 Å². The van der Waals surface area contributed by atoms with Gasteiger partial charge in [0.25, 0.3) is 0 Å². The van der Waals surface area contributed by atoms with E-state index < -0.39 is 16.7 Å². The fourth-order valence-corrected chi connectivity index (χ4v) is 1.80. The zero-order chi connectivity index (χ0) is 15.4. The summed E-state index contributed by atoms with van der Waals surface area (Å²) in [7, 11) is 0. The number of carboxylic acids is 1. The van der Waals surface area contributed by atoms with Gasteiger partial charge in [-0.1, -0.05) is 11.6 Å². The summed E-state index contributed by atoms with van der Waals surface area (Å²) in [4.78, 5) is 20.6. The molecule has 0 aliphatic heterocycles. The third-order valence-corrected chi connectivity index (χ3v) is 2.83. The van der Waals surface area contributed by atoms with Gasteiger partial charge in [-0.25, -0.2) is 4.79 Å². The summed E-state index contributed by atoms with van der Waals surface area (Å²) in [5.41, 5.74) is 0.164. The topological polar surface area (TPSA) is 107 Å². The van der Waals surface area contributed by atoms with Crippen LogP contribution in [-0.4, -0.2) is 32.4 Å². The van der Waals surface area contributed by atoms with E-state index in [0.717, 1.165) is 0 Å². The Balaban J connectivity index is 1.90. The van der Waals surface area contributed by atoms with Crippen LogP contribution in [0.15, 0.2) is 30.5 Å². The van der Waals surface area contributed by atoms with Gasteiger partial charge in [-0.2, -0.15) is 4.68 Å². The molecule has 0 aliphatic carbocycles. The number of hydrogen-bond donors (Lipinski definition) is 1. The number of aromatic nitrogens is 2. The normalized spacial score (nSPS) is 10.3. The van der Waals surface area contributed by atoms with E-state index >= 15 is 0 Å². The van der Waals surface area contributed by atoms with Crippen LogP contribution in [0.1, 0.15) is 10.4 Å². The van der Waals surface area contributed by atoms with Gasteiger partial charge in [0, 0.05) is 0 Å². The number of aromatic carboxylic acids is 1. The highest BCUT2D eigenvalue weighted by atomic mass is 35.5. The summed E-state index contributed by atoms with van der Waals surface area (Å²) in [6.07, 6.45) is 1.34. The summed E-state index contributed by atoms with van der Waals surface area (Å²) < 4.78 is 6.70. The van der Waals surface area contributed by atoms with Crippen LogP contribution in [0.4, 0.5) is 5.82 Å². The molecule has 0 spiro atoms. The summed E-state index contributed by atoms with van der Waals surface area (Å²) in [5, 5.41) is 23.0. The molecule has 0 atom stereocenters. The molecule has 1 aromatic carbocycles. The molecule has 8 nitrogen and oxygen atoms in total. The van der Waals surface area contributed by atoms with Crippen molar-refractivity contribution in [1.82, 2.24) is 9.78 Å². The van der Waals surface area contributed by atoms with E-state index in [9.17, 15) is 14.9 Å². The molecule has 0 saturated carbocycles. The van der Waals surface area contributed by atoms with Crippen molar-refractivity contribution in [2.45, 2.75) is 6.54 Å². The maximum Gasteiger partial charge on any atom is 0.408 e. The molecule has 1 heterocycles. The van der Waals surface area contributed by atoms with Crippen LogP contribution in [0.3, 0.4) is 0 Å². The lowest BCUT2D eigenvalue weighted by atomic mass is 10.2. The highest BCUT2D eigenvalue weighted by Crippen LogP contribution is 2.21. The summed E-state index contributed by atoms with van der Waals surface area (Å²) in [6, 6.07) is 5.91. The lowest BCUT2D eigenvalue weighted by Gasteiger charge is -2.04. The Morgan fingerprint density at radius 1 is 1.43 bits per heavy atom. The maximum atomic E-state index is 10.7. The van der Waals surface area contributed by atoms with E-state index in [0.29, 0.717) is 5.75 Å². The SMILES string of the molecule is O=C(O)c1ccc(OCCn2cc(Cl)c([N+](=O)[O-])n2)cc1. The van der Waals surface area contributed by atoms with E-state index in [-0.39, 0.29) is 23.7 Å². The van der Waals surface area contributed by atoms with Crippen molar-refractivity contribution in [2.75, 3.05) is 6.61 Å². The van der Waals surface area contributed by atoms with Crippen molar-refractivity contribution in [2.24, 2.45) is 0 Å². The van der Waals surface area contributed by atoms with Gasteiger partial charge in [-0.3, -0.25) is 0 Å². The molecule has 0 fully saturated rings. The second-order valence-corrected chi connectivity index (χ2v) is 4.41. The second kappa shape index (κ2) is 6.23. The highest BCUT2D eigenvalue weighted by molar-refractivity contribution is 6.32. The molecule has 0 saturated heterocycles. The molecule has 1 N–H and O–H groups in total. The first-order valence-corrected chi connectivity index (χ1v) is 6.18. The Labute approximate surface area is 123 Å². The van der Waals surface area contributed by atoms with E-state index in [1.807, 2.05) is 0 Å². The zero-order valence-corrected chi connectivity index (χ0v) is 11.4. The van der Waals surface area contributed by atoms with Gasteiger partial charge in [0.15, 0.2) is 5.02 Å². The van der Waals surface area contributed by atoms with Gasteiger partial charge < -0.3 is 20.0 Å². The van der Waals surface area contributed by atoms with Crippen LogP contribution in [-0.2, 0) is 6.54 Å². The molecule has 1 aromatic heterocycles.